The molecule has 16 heavy (non-hydrogen) atoms. The van der Waals surface area contributed by atoms with E-state index in [0.29, 0.717) is 18.2 Å². The molecule has 0 saturated carbocycles. The van der Waals surface area contributed by atoms with Gasteiger partial charge in [-0.3, -0.25) is 0 Å². The third kappa shape index (κ3) is 3.11. The molecule has 0 spiro atoms. The summed E-state index contributed by atoms with van der Waals surface area (Å²) in [6.07, 6.45) is 2.75. The van der Waals surface area contributed by atoms with Crippen molar-refractivity contribution < 1.29 is 9.16 Å². The van der Waals surface area contributed by atoms with Crippen molar-refractivity contribution in [2.24, 2.45) is 0 Å². The van der Waals surface area contributed by atoms with Gasteiger partial charge in [-0.2, -0.15) is 0 Å². The molecule has 0 radical (unpaired) electrons. The van der Waals surface area contributed by atoms with E-state index >= 15 is 0 Å². The van der Waals surface area contributed by atoms with Crippen molar-refractivity contribution in [1.29, 1.82) is 0 Å². The lowest BCUT2D eigenvalue weighted by Crippen LogP contribution is -2.45. The van der Waals surface area contributed by atoms with Gasteiger partial charge in [-0.15, -0.1) is 0 Å². The van der Waals surface area contributed by atoms with Crippen LogP contribution in [0.3, 0.4) is 0 Å². The van der Waals surface area contributed by atoms with E-state index in [4.69, 9.17) is 9.16 Å². The lowest BCUT2D eigenvalue weighted by molar-refractivity contribution is 0.0350. The lowest BCUT2D eigenvalue weighted by atomic mass is 9.96. The SMILES string of the molecule is B[C@H]1CC(O[Si](C)(C)C(C)(C)C)[C@@H](CC)O1. The molecule has 0 aromatic carbocycles. The minimum atomic E-state index is -1.64. The van der Waals surface area contributed by atoms with Crippen molar-refractivity contribution in [2.75, 3.05) is 0 Å². The minimum Gasteiger partial charge on any atom is -0.411 e. The Labute approximate surface area is 103 Å². The molecule has 0 amide bonds. The summed E-state index contributed by atoms with van der Waals surface area (Å²) < 4.78 is 12.3. The summed E-state index contributed by atoms with van der Waals surface area (Å²) in [6.45, 7) is 13.7. The van der Waals surface area contributed by atoms with Gasteiger partial charge in [0.05, 0.1) is 12.2 Å². The Morgan fingerprint density at radius 2 is 1.94 bits per heavy atom. The predicted molar refractivity (Wildman–Crippen MR) is 74.2 cm³/mol. The van der Waals surface area contributed by atoms with E-state index < -0.39 is 8.32 Å². The highest BCUT2D eigenvalue weighted by Gasteiger charge is 2.43. The maximum absolute atomic E-state index is 6.45. The van der Waals surface area contributed by atoms with Crippen LogP contribution in [0, 0.1) is 0 Å². The van der Waals surface area contributed by atoms with Gasteiger partial charge in [0, 0.05) is 6.00 Å². The fourth-order valence-corrected chi connectivity index (χ4v) is 3.32. The first-order chi connectivity index (χ1) is 7.17. The zero-order valence-electron chi connectivity index (χ0n) is 12.0. The van der Waals surface area contributed by atoms with Crippen LogP contribution in [0.5, 0.6) is 0 Å². The minimum absolute atomic E-state index is 0.289. The molecule has 2 nitrogen and oxygen atoms in total. The van der Waals surface area contributed by atoms with E-state index in [1.807, 2.05) is 0 Å². The molecule has 1 unspecified atom stereocenters. The van der Waals surface area contributed by atoms with Crippen LogP contribution in [-0.2, 0) is 9.16 Å². The molecule has 3 atom stereocenters. The smallest absolute Gasteiger partial charge is 0.192 e. The number of hydrogen-bond donors (Lipinski definition) is 0. The van der Waals surface area contributed by atoms with E-state index in [-0.39, 0.29) is 5.04 Å². The van der Waals surface area contributed by atoms with Crippen LogP contribution < -0.4 is 0 Å². The van der Waals surface area contributed by atoms with Gasteiger partial charge in [0.25, 0.3) is 0 Å². The molecular formula is C12H27BO2Si. The molecule has 1 aliphatic rings. The molecule has 1 heterocycles. The van der Waals surface area contributed by atoms with E-state index in [1.54, 1.807) is 0 Å². The molecule has 1 rings (SSSR count). The van der Waals surface area contributed by atoms with Crippen LogP contribution in [0.2, 0.25) is 18.1 Å². The average Bonchev–Trinajstić information content (AvgIpc) is 2.43. The Morgan fingerprint density at radius 1 is 1.38 bits per heavy atom. The zero-order chi connectivity index (χ0) is 12.6. The van der Waals surface area contributed by atoms with Crippen LogP contribution >= 0.6 is 0 Å². The second-order valence-electron chi connectivity index (χ2n) is 6.55. The van der Waals surface area contributed by atoms with Crippen molar-refractivity contribution in [3.05, 3.63) is 0 Å². The summed E-state index contributed by atoms with van der Waals surface area (Å²) in [5.41, 5.74) is 0. The van der Waals surface area contributed by atoms with Crippen molar-refractivity contribution in [3.63, 3.8) is 0 Å². The summed E-state index contributed by atoms with van der Waals surface area (Å²) in [4.78, 5) is 0. The van der Waals surface area contributed by atoms with Crippen molar-refractivity contribution in [2.45, 2.75) is 76.9 Å². The second kappa shape index (κ2) is 4.83. The fourth-order valence-electron chi connectivity index (χ4n) is 1.96. The zero-order valence-corrected chi connectivity index (χ0v) is 13.0. The van der Waals surface area contributed by atoms with Gasteiger partial charge in [0.2, 0.25) is 0 Å². The molecule has 0 bridgehead atoms. The van der Waals surface area contributed by atoms with Crippen molar-refractivity contribution in [1.82, 2.24) is 0 Å². The van der Waals surface area contributed by atoms with Crippen LogP contribution in [0.1, 0.15) is 40.5 Å². The summed E-state index contributed by atoms with van der Waals surface area (Å²) in [7, 11) is 0.513. The van der Waals surface area contributed by atoms with Crippen molar-refractivity contribution >= 4 is 16.2 Å². The lowest BCUT2D eigenvalue weighted by Gasteiger charge is -2.39. The standard InChI is InChI=1S/C12H27BO2Si/c1-7-9-10(8-11(13)14-9)15-16(5,6)12(2,3)4/h9-11H,7-8,13H2,1-6H3/t9-,10?,11-/m1/s1. The second-order valence-corrected chi connectivity index (χ2v) is 11.3. The Hall–Kier alpha value is 0.202. The summed E-state index contributed by atoms with van der Waals surface area (Å²) in [5.74, 6) is 0. The van der Waals surface area contributed by atoms with Crippen LogP contribution in [0.25, 0.3) is 0 Å². The third-order valence-electron chi connectivity index (χ3n) is 4.04. The highest BCUT2D eigenvalue weighted by atomic mass is 28.4. The van der Waals surface area contributed by atoms with Gasteiger partial charge in [0.15, 0.2) is 8.32 Å². The summed E-state index contributed by atoms with van der Waals surface area (Å²) >= 11 is 0. The third-order valence-corrected chi connectivity index (χ3v) is 8.54. The Kier molecular flexibility index (Phi) is 4.30. The number of hydrogen-bond acceptors (Lipinski definition) is 2. The molecule has 1 aliphatic heterocycles. The van der Waals surface area contributed by atoms with Gasteiger partial charge < -0.3 is 9.16 Å². The normalized spacial score (nSPS) is 32.0. The molecule has 1 fully saturated rings. The molecule has 0 aromatic rings. The molecule has 0 N–H and O–H groups in total. The van der Waals surface area contributed by atoms with Crippen molar-refractivity contribution in [3.8, 4) is 0 Å². The molecular weight excluding hydrogens is 215 g/mol. The molecule has 4 heteroatoms. The highest BCUT2D eigenvalue weighted by Crippen LogP contribution is 2.39. The Morgan fingerprint density at radius 3 is 2.38 bits per heavy atom. The first-order valence-electron chi connectivity index (χ1n) is 6.50. The molecule has 0 aliphatic carbocycles. The number of ether oxygens (including phenoxy) is 1. The van der Waals surface area contributed by atoms with E-state index in [2.05, 4.69) is 48.6 Å². The van der Waals surface area contributed by atoms with Gasteiger partial charge in [-0.1, -0.05) is 27.7 Å². The van der Waals surface area contributed by atoms with Crippen LogP contribution in [-0.4, -0.2) is 34.4 Å². The van der Waals surface area contributed by atoms with Crippen LogP contribution in [0.15, 0.2) is 0 Å². The van der Waals surface area contributed by atoms with E-state index in [1.165, 1.54) is 0 Å². The fraction of sp³-hybridized carbons (Fsp3) is 1.00. The summed E-state index contributed by atoms with van der Waals surface area (Å²) in [5, 5.41) is 0.289. The Balaban J connectivity index is 2.66. The number of rotatable bonds is 3. The van der Waals surface area contributed by atoms with Gasteiger partial charge in [-0.05, 0) is 31.0 Å². The largest absolute Gasteiger partial charge is 0.411 e. The first kappa shape index (κ1) is 14.3. The molecule has 0 aromatic heterocycles. The van der Waals surface area contributed by atoms with Gasteiger partial charge >= 0.3 is 0 Å². The summed E-state index contributed by atoms with van der Waals surface area (Å²) in [6, 6.07) is 0.361. The van der Waals surface area contributed by atoms with Gasteiger partial charge in [-0.25, -0.2) is 0 Å². The average molecular weight is 242 g/mol. The molecule has 94 valence electrons. The monoisotopic (exact) mass is 242 g/mol. The van der Waals surface area contributed by atoms with E-state index in [9.17, 15) is 0 Å². The van der Waals surface area contributed by atoms with E-state index in [0.717, 1.165) is 12.8 Å². The maximum atomic E-state index is 6.45. The topological polar surface area (TPSA) is 18.5 Å². The predicted octanol–water partition coefficient (Wildman–Crippen LogP) is 2.53. The first-order valence-corrected chi connectivity index (χ1v) is 9.41. The maximum Gasteiger partial charge on any atom is 0.192 e. The molecule has 1 saturated heterocycles. The highest BCUT2D eigenvalue weighted by molar-refractivity contribution is 6.74. The quantitative estimate of drug-likeness (QED) is 0.708. The van der Waals surface area contributed by atoms with Gasteiger partial charge in [0.1, 0.15) is 7.85 Å². The van der Waals surface area contributed by atoms with Crippen LogP contribution in [0.4, 0.5) is 0 Å². The Bertz CT molecular complexity index is 238.